The van der Waals surface area contributed by atoms with Crippen LogP contribution >= 0.6 is 0 Å². The van der Waals surface area contributed by atoms with Crippen LogP contribution in [0.1, 0.15) is 24.0 Å². The van der Waals surface area contributed by atoms with E-state index >= 15 is 0 Å². The molecule has 0 spiro atoms. The second-order valence-electron chi connectivity index (χ2n) is 8.09. The second-order valence-corrected chi connectivity index (χ2v) is 8.09. The van der Waals surface area contributed by atoms with Gasteiger partial charge in [-0.3, -0.25) is 9.89 Å². The van der Waals surface area contributed by atoms with Gasteiger partial charge in [-0.25, -0.2) is 0 Å². The Kier molecular flexibility index (Phi) is 5.97. The Hall–Kier alpha value is -3.30. The fourth-order valence-corrected chi connectivity index (χ4v) is 3.90. The lowest BCUT2D eigenvalue weighted by molar-refractivity contribution is 0.158. The highest BCUT2D eigenvalue weighted by molar-refractivity contribution is 6.02. The zero-order chi connectivity index (χ0) is 21.8. The summed E-state index contributed by atoms with van der Waals surface area (Å²) in [5, 5.41) is 20.9. The summed E-state index contributed by atoms with van der Waals surface area (Å²) in [5.41, 5.74) is 1.82. The van der Waals surface area contributed by atoms with Crippen LogP contribution in [0.5, 0.6) is 11.5 Å². The Morgan fingerprint density at radius 1 is 1.00 bits per heavy atom. The first-order chi connectivity index (χ1) is 15.1. The van der Waals surface area contributed by atoms with Crippen LogP contribution in [0.25, 0.3) is 0 Å². The van der Waals surface area contributed by atoms with E-state index in [1.807, 2.05) is 48.5 Å². The van der Waals surface area contributed by atoms with Crippen molar-refractivity contribution in [3.63, 3.8) is 0 Å². The molecule has 0 saturated heterocycles. The fraction of sp³-hybridized carbons (Fsp3) is 0.360. The van der Waals surface area contributed by atoms with E-state index in [1.165, 1.54) is 0 Å². The Morgan fingerprint density at radius 2 is 1.52 bits per heavy atom. The van der Waals surface area contributed by atoms with E-state index in [4.69, 9.17) is 9.47 Å². The summed E-state index contributed by atoms with van der Waals surface area (Å²) in [6.07, 6.45) is 3.80. The van der Waals surface area contributed by atoms with E-state index in [2.05, 4.69) is 16.0 Å². The quantitative estimate of drug-likeness (QED) is 0.694. The number of nitrogens with zero attached hydrogens (tertiary/aromatic N) is 3. The lowest BCUT2D eigenvalue weighted by Crippen LogP contribution is -2.50. The SMILES string of the molecule is COc1ccc(CN(Cc2ccc(OC)cc2)C2(C#N)C=C(O)C(C3CC3)=NC2)cc1. The van der Waals surface area contributed by atoms with Crippen molar-refractivity contribution in [2.45, 2.75) is 31.5 Å². The predicted molar refractivity (Wildman–Crippen MR) is 119 cm³/mol. The van der Waals surface area contributed by atoms with Crippen molar-refractivity contribution in [2.75, 3.05) is 20.8 Å². The van der Waals surface area contributed by atoms with Crippen LogP contribution in [0.2, 0.25) is 0 Å². The van der Waals surface area contributed by atoms with Gasteiger partial charge in [-0.15, -0.1) is 0 Å². The van der Waals surface area contributed by atoms with Gasteiger partial charge in [0.15, 0.2) is 5.54 Å². The molecule has 0 amide bonds. The van der Waals surface area contributed by atoms with Crippen molar-refractivity contribution >= 4 is 5.71 Å². The van der Waals surface area contributed by atoms with Crippen LogP contribution < -0.4 is 9.47 Å². The minimum atomic E-state index is -1.03. The average molecular weight is 418 g/mol. The van der Waals surface area contributed by atoms with E-state index in [-0.39, 0.29) is 5.76 Å². The van der Waals surface area contributed by atoms with Crippen LogP contribution in [0, 0.1) is 17.2 Å². The molecule has 31 heavy (non-hydrogen) atoms. The van der Waals surface area contributed by atoms with Gasteiger partial charge in [0.2, 0.25) is 0 Å². The highest BCUT2D eigenvalue weighted by Crippen LogP contribution is 2.37. The third-order valence-electron chi connectivity index (χ3n) is 5.92. The molecule has 160 valence electrons. The number of benzene rings is 2. The Labute approximate surface area is 183 Å². The van der Waals surface area contributed by atoms with Gasteiger partial charge in [0.25, 0.3) is 0 Å². The van der Waals surface area contributed by atoms with E-state index in [0.29, 0.717) is 25.6 Å². The Bertz CT molecular complexity index is 968. The standard InChI is InChI=1S/C25H27N3O3/c1-30-21-9-3-18(4-10-21)14-28(15-19-5-11-22(31-2)12-6-19)25(16-26)13-23(29)24(27-17-25)20-7-8-20/h3-6,9-13,20,29H,7-8,14-15,17H2,1-2H3. The molecule has 2 aliphatic rings. The highest BCUT2D eigenvalue weighted by Gasteiger charge is 2.41. The summed E-state index contributed by atoms with van der Waals surface area (Å²) < 4.78 is 10.5. The van der Waals surface area contributed by atoms with Gasteiger partial charge < -0.3 is 14.6 Å². The number of allylic oxidation sites excluding steroid dienone is 1. The smallest absolute Gasteiger partial charge is 0.151 e. The summed E-state index contributed by atoms with van der Waals surface area (Å²) in [4.78, 5) is 6.72. The van der Waals surface area contributed by atoms with Crippen molar-refractivity contribution in [2.24, 2.45) is 10.9 Å². The summed E-state index contributed by atoms with van der Waals surface area (Å²) >= 11 is 0. The van der Waals surface area contributed by atoms with E-state index in [0.717, 1.165) is 41.2 Å². The van der Waals surface area contributed by atoms with Gasteiger partial charge in [-0.1, -0.05) is 24.3 Å². The van der Waals surface area contributed by atoms with Gasteiger partial charge in [-0.05, 0) is 54.3 Å². The van der Waals surface area contributed by atoms with Crippen molar-refractivity contribution in [3.8, 4) is 17.6 Å². The third kappa shape index (κ3) is 4.57. The molecule has 1 N–H and O–H groups in total. The number of dihydropyridines is 1. The van der Waals surface area contributed by atoms with Crippen molar-refractivity contribution in [1.29, 1.82) is 5.26 Å². The minimum Gasteiger partial charge on any atom is -0.506 e. The zero-order valence-corrected chi connectivity index (χ0v) is 17.9. The number of rotatable bonds is 8. The Balaban J connectivity index is 1.65. The molecule has 1 aliphatic heterocycles. The largest absolute Gasteiger partial charge is 0.506 e. The van der Waals surface area contributed by atoms with Crippen LogP contribution in [-0.2, 0) is 13.1 Å². The van der Waals surface area contributed by atoms with Crippen molar-refractivity contribution in [3.05, 3.63) is 71.5 Å². The molecule has 0 aromatic heterocycles. The third-order valence-corrected chi connectivity index (χ3v) is 5.92. The molecule has 6 nitrogen and oxygen atoms in total. The zero-order valence-electron chi connectivity index (χ0n) is 17.9. The predicted octanol–water partition coefficient (Wildman–Crippen LogP) is 4.27. The van der Waals surface area contributed by atoms with E-state index in [1.54, 1.807) is 20.3 Å². The topological polar surface area (TPSA) is 78.1 Å². The van der Waals surface area contributed by atoms with Crippen molar-refractivity contribution in [1.82, 2.24) is 4.90 Å². The summed E-state index contributed by atoms with van der Waals surface area (Å²) in [6, 6.07) is 18.1. The molecule has 6 heteroatoms. The van der Waals surface area contributed by atoms with E-state index < -0.39 is 5.54 Å². The number of aliphatic imine (C=N–C) groups is 1. The summed E-state index contributed by atoms with van der Waals surface area (Å²) in [6.45, 7) is 1.37. The van der Waals surface area contributed by atoms with Gasteiger partial charge in [0, 0.05) is 19.0 Å². The van der Waals surface area contributed by atoms with Crippen LogP contribution in [-0.4, -0.2) is 42.0 Å². The van der Waals surface area contributed by atoms with Gasteiger partial charge >= 0.3 is 0 Å². The van der Waals surface area contributed by atoms with Gasteiger partial charge in [0.1, 0.15) is 17.3 Å². The number of aliphatic hydroxyl groups is 1. The first-order valence-electron chi connectivity index (χ1n) is 10.5. The van der Waals surface area contributed by atoms with Gasteiger partial charge in [-0.2, -0.15) is 5.26 Å². The number of hydrogen-bond donors (Lipinski definition) is 1. The highest BCUT2D eigenvalue weighted by atomic mass is 16.5. The van der Waals surface area contributed by atoms with Crippen LogP contribution in [0.3, 0.4) is 0 Å². The molecule has 0 radical (unpaired) electrons. The molecular formula is C25H27N3O3. The molecule has 1 fully saturated rings. The second kappa shape index (κ2) is 8.83. The first-order valence-corrected chi connectivity index (χ1v) is 10.5. The number of methoxy groups -OCH3 is 2. The normalized spacial score (nSPS) is 20.6. The van der Waals surface area contributed by atoms with Gasteiger partial charge in [0.05, 0.1) is 32.5 Å². The summed E-state index contributed by atoms with van der Waals surface area (Å²) in [5.74, 6) is 2.05. The first kappa shape index (κ1) is 21.0. The molecule has 2 aromatic rings. The van der Waals surface area contributed by atoms with Crippen LogP contribution in [0.15, 0.2) is 65.4 Å². The molecule has 0 bridgehead atoms. The molecule has 1 unspecified atom stereocenters. The van der Waals surface area contributed by atoms with Crippen LogP contribution in [0.4, 0.5) is 0 Å². The van der Waals surface area contributed by atoms with E-state index in [9.17, 15) is 10.4 Å². The fourth-order valence-electron chi connectivity index (χ4n) is 3.90. The summed E-state index contributed by atoms with van der Waals surface area (Å²) in [7, 11) is 3.28. The monoisotopic (exact) mass is 417 g/mol. The molecule has 2 aromatic carbocycles. The Morgan fingerprint density at radius 3 is 1.90 bits per heavy atom. The molecule has 1 heterocycles. The molecular weight excluding hydrogens is 390 g/mol. The minimum absolute atomic E-state index is 0.143. The average Bonchev–Trinajstić information content (AvgIpc) is 3.64. The maximum Gasteiger partial charge on any atom is 0.151 e. The number of aliphatic hydroxyl groups excluding tert-OH is 1. The van der Waals surface area contributed by atoms with Crippen molar-refractivity contribution < 1.29 is 14.6 Å². The number of hydrogen-bond acceptors (Lipinski definition) is 6. The number of ether oxygens (including phenoxy) is 2. The maximum absolute atomic E-state index is 10.7. The molecule has 1 aliphatic carbocycles. The molecule has 1 atom stereocenters. The number of nitriles is 1. The lowest BCUT2D eigenvalue weighted by Gasteiger charge is -2.38. The maximum atomic E-state index is 10.7. The molecule has 1 saturated carbocycles. The lowest BCUT2D eigenvalue weighted by atomic mass is 9.92. The molecule has 4 rings (SSSR count).